The molecule has 4 aromatic rings. The van der Waals surface area contributed by atoms with E-state index in [1.54, 1.807) is 18.2 Å². The van der Waals surface area contributed by atoms with E-state index in [2.05, 4.69) is 15.4 Å². The summed E-state index contributed by atoms with van der Waals surface area (Å²) in [6.45, 7) is 0.0106. The smallest absolute Gasteiger partial charge is 0.247 e. The molecule has 0 aliphatic carbocycles. The third-order valence-electron chi connectivity index (χ3n) is 3.60. The predicted molar refractivity (Wildman–Crippen MR) is 94.3 cm³/mol. The summed E-state index contributed by atoms with van der Waals surface area (Å²) < 4.78 is 2.53. The molecule has 0 aliphatic heterocycles. The molecule has 0 atom stereocenters. The zero-order valence-electron chi connectivity index (χ0n) is 12.5. The Bertz CT molecular complexity index is 1080. The molecule has 6 nitrogen and oxygen atoms in total. The molecule has 4 rings (SSSR count). The van der Waals surface area contributed by atoms with E-state index in [1.165, 1.54) is 22.2 Å². The number of hydrogen-bond donors (Lipinski definition) is 1. The summed E-state index contributed by atoms with van der Waals surface area (Å²) in [7, 11) is 0. The molecule has 0 spiro atoms. The number of carbonyl (C=O) groups excluding carboxylic acids is 1. The standard InChI is InChI=1S/C17H12N4O2S/c22-14-9-18-21(13-7-3-1-5-11(13)14)10-16(23)20-17-19-12-6-2-4-8-15(12)24-17/h1-9H,10H2,(H,19,20,23). The Balaban J connectivity index is 1.60. The average molecular weight is 336 g/mol. The monoisotopic (exact) mass is 336 g/mol. The lowest BCUT2D eigenvalue weighted by atomic mass is 10.2. The van der Waals surface area contributed by atoms with E-state index < -0.39 is 0 Å². The molecule has 1 N–H and O–H groups in total. The van der Waals surface area contributed by atoms with Gasteiger partial charge >= 0.3 is 0 Å². The molecule has 0 saturated carbocycles. The number of amides is 1. The van der Waals surface area contributed by atoms with E-state index in [9.17, 15) is 9.59 Å². The normalized spacial score (nSPS) is 11.0. The summed E-state index contributed by atoms with van der Waals surface area (Å²) in [6, 6.07) is 14.8. The highest BCUT2D eigenvalue weighted by atomic mass is 32.1. The maximum Gasteiger partial charge on any atom is 0.247 e. The Labute approximate surface area is 140 Å². The Morgan fingerprint density at radius 1 is 1.12 bits per heavy atom. The number of nitrogens with zero attached hydrogens (tertiary/aromatic N) is 3. The lowest BCUT2D eigenvalue weighted by Gasteiger charge is -2.08. The summed E-state index contributed by atoms with van der Waals surface area (Å²) in [5.74, 6) is -0.240. The first-order valence-corrected chi connectivity index (χ1v) is 8.13. The van der Waals surface area contributed by atoms with Crippen LogP contribution in [0.5, 0.6) is 0 Å². The fraction of sp³-hybridized carbons (Fsp3) is 0.0588. The molecule has 0 fully saturated rings. The van der Waals surface area contributed by atoms with E-state index in [0.29, 0.717) is 16.0 Å². The highest BCUT2D eigenvalue weighted by Gasteiger charge is 2.10. The van der Waals surface area contributed by atoms with Crippen LogP contribution >= 0.6 is 11.3 Å². The zero-order valence-corrected chi connectivity index (χ0v) is 13.3. The topological polar surface area (TPSA) is 76.9 Å². The van der Waals surface area contributed by atoms with Crippen molar-refractivity contribution in [2.24, 2.45) is 0 Å². The molecule has 0 bridgehead atoms. The second-order valence-electron chi connectivity index (χ2n) is 5.22. The van der Waals surface area contributed by atoms with Gasteiger partial charge in [-0.2, -0.15) is 5.10 Å². The number of benzene rings is 2. The highest BCUT2D eigenvalue weighted by Crippen LogP contribution is 2.25. The summed E-state index contributed by atoms with van der Waals surface area (Å²) in [4.78, 5) is 28.5. The largest absolute Gasteiger partial charge is 0.300 e. The average Bonchev–Trinajstić information content (AvgIpc) is 3.00. The van der Waals surface area contributed by atoms with Gasteiger partial charge in [0.2, 0.25) is 11.3 Å². The van der Waals surface area contributed by atoms with Crippen LogP contribution in [0.2, 0.25) is 0 Å². The van der Waals surface area contributed by atoms with Crippen LogP contribution in [0.25, 0.3) is 21.1 Å². The van der Waals surface area contributed by atoms with E-state index in [1.807, 2.05) is 30.3 Å². The molecule has 0 aliphatic rings. The molecule has 24 heavy (non-hydrogen) atoms. The molecule has 2 heterocycles. The minimum absolute atomic E-state index is 0.0106. The van der Waals surface area contributed by atoms with Gasteiger partial charge in [0.15, 0.2) is 5.13 Å². The van der Waals surface area contributed by atoms with Gasteiger partial charge in [-0.05, 0) is 24.3 Å². The first-order chi connectivity index (χ1) is 11.7. The van der Waals surface area contributed by atoms with Crippen molar-refractivity contribution in [3.63, 3.8) is 0 Å². The number of hydrogen-bond acceptors (Lipinski definition) is 5. The predicted octanol–water partition coefficient (Wildman–Crippen LogP) is 2.64. The zero-order chi connectivity index (χ0) is 16.5. The summed E-state index contributed by atoms with van der Waals surface area (Å²) in [6.07, 6.45) is 1.23. The van der Waals surface area contributed by atoms with E-state index in [4.69, 9.17) is 0 Å². The molecular weight excluding hydrogens is 324 g/mol. The van der Waals surface area contributed by atoms with Gasteiger partial charge in [-0.25, -0.2) is 4.98 Å². The Morgan fingerprint density at radius 2 is 1.92 bits per heavy atom. The van der Waals surface area contributed by atoms with Gasteiger partial charge in [0.25, 0.3) is 0 Å². The van der Waals surface area contributed by atoms with Crippen molar-refractivity contribution >= 4 is 43.5 Å². The van der Waals surface area contributed by atoms with Crippen LogP contribution in [-0.2, 0) is 11.3 Å². The molecule has 0 radical (unpaired) electrons. The third-order valence-corrected chi connectivity index (χ3v) is 4.55. The highest BCUT2D eigenvalue weighted by molar-refractivity contribution is 7.22. The number of rotatable bonds is 3. The van der Waals surface area contributed by atoms with Crippen LogP contribution in [0.15, 0.2) is 59.5 Å². The number of para-hydroxylation sites is 2. The van der Waals surface area contributed by atoms with Crippen molar-refractivity contribution in [1.82, 2.24) is 14.8 Å². The van der Waals surface area contributed by atoms with Gasteiger partial charge in [-0.3, -0.25) is 14.3 Å². The van der Waals surface area contributed by atoms with Crippen LogP contribution in [0.3, 0.4) is 0 Å². The number of carbonyl (C=O) groups is 1. The van der Waals surface area contributed by atoms with Gasteiger partial charge < -0.3 is 5.32 Å². The Hall–Kier alpha value is -3.06. The SMILES string of the molecule is O=C(Cn1ncc(=O)c2ccccc21)Nc1nc2ccccc2s1. The lowest BCUT2D eigenvalue weighted by molar-refractivity contribution is -0.116. The molecule has 118 valence electrons. The second-order valence-corrected chi connectivity index (χ2v) is 6.25. The van der Waals surface area contributed by atoms with Crippen LogP contribution < -0.4 is 10.7 Å². The maximum atomic E-state index is 12.3. The van der Waals surface area contributed by atoms with Crippen molar-refractivity contribution in [3.05, 3.63) is 65.0 Å². The van der Waals surface area contributed by atoms with Crippen molar-refractivity contribution in [2.45, 2.75) is 6.54 Å². The van der Waals surface area contributed by atoms with Crippen LogP contribution in [0.1, 0.15) is 0 Å². The minimum Gasteiger partial charge on any atom is -0.300 e. The molecule has 2 aromatic heterocycles. The number of aromatic nitrogens is 3. The van der Waals surface area contributed by atoms with Crippen LogP contribution in [-0.4, -0.2) is 20.7 Å². The van der Waals surface area contributed by atoms with Gasteiger partial charge in [0, 0.05) is 5.39 Å². The van der Waals surface area contributed by atoms with Gasteiger partial charge in [-0.1, -0.05) is 35.6 Å². The summed E-state index contributed by atoms with van der Waals surface area (Å²) in [5, 5.41) is 7.94. The Kier molecular flexibility index (Phi) is 3.55. The molecule has 0 unspecified atom stereocenters. The molecule has 1 amide bonds. The molecule has 7 heteroatoms. The first kappa shape index (κ1) is 14.5. The fourth-order valence-electron chi connectivity index (χ4n) is 2.51. The summed E-state index contributed by atoms with van der Waals surface area (Å²) in [5.41, 5.74) is 1.32. The van der Waals surface area contributed by atoms with E-state index >= 15 is 0 Å². The number of fused-ring (bicyclic) bond motifs is 2. The molecular formula is C17H12N4O2S. The fourth-order valence-corrected chi connectivity index (χ4v) is 3.39. The third kappa shape index (κ3) is 2.65. The Morgan fingerprint density at radius 3 is 2.79 bits per heavy atom. The minimum atomic E-state index is -0.240. The second kappa shape index (κ2) is 5.86. The van der Waals surface area contributed by atoms with Crippen molar-refractivity contribution < 1.29 is 4.79 Å². The van der Waals surface area contributed by atoms with Gasteiger partial charge in [0.05, 0.1) is 21.9 Å². The number of anilines is 1. The lowest BCUT2D eigenvalue weighted by Crippen LogP contribution is -2.22. The quantitative estimate of drug-likeness (QED) is 0.624. The van der Waals surface area contributed by atoms with Crippen molar-refractivity contribution in [2.75, 3.05) is 5.32 Å². The van der Waals surface area contributed by atoms with Crippen molar-refractivity contribution in [3.8, 4) is 0 Å². The first-order valence-electron chi connectivity index (χ1n) is 7.31. The van der Waals surface area contributed by atoms with Crippen LogP contribution in [0, 0.1) is 0 Å². The number of thiazole rings is 1. The van der Waals surface area contributed by atoms with Crippen LogP contribution in [0.4, 0.5) is 5.13 Å². The molecule has 2 aromatic carbocycles. The summed E-state index contributed by atoms with van der Waals surface area (Å²) >= 11 is 1.42. The van der Waals surface area contributed by atoms with Gasteiger partial charge in [0.1, 0.15) is 6.54 Å². The molecule has 0 saturated heterocycles. The van der Waals surface area contributed by atoms with E-state index in [0.717, 1.165) is 10.2 Å². The van der Waals surface area contributed by atoms with Crippen molar-refractivity contribution in [1.29, 1.82) is 0 Å². The maximum absolute atomic E-state index is 12.3. The number of nitrogens with one attached hydrogen (secondary N) is 1. The van der Waals surface area contributed by atoms with E-state index in [-0.39, 0.29) is 17.9 Å². The van der Waals surface area contributed by atoms with Gasteiger partial charge in [-0.15, -0.1) is 0 Å².